The number of urea groups is 1. The fourth-order valence-corrected chi connectivity index (χ4v) is 3.05. The molecule has 2 aromatic heterocycles. The van der Waals surface area contributed by atoms with Crippen LogP contribution in [0.4, 0.5) is 4.79 Å². The highest BCUT2D eigenvalue weighted by atomic mass is 32.1. The molecule has 0 spiro atoms. The smallest absolute Gasteiger partial charge is 0.325 e. The predicted molar refractivity (Wildman–Crippen MR) is 72.0 cm³/mol. The van der Waals surface area contributed by atoms with Crippen LogP contribution in [0.2, 0.25) is 0 Å². The number of rotatable bonds is 3. The quantitative estimate of drug-likeness (QED) is 0.878. The Hall–Kier alpha value is -2.15. The number of amides is 3. The minimum absolute atomic E-state index is 0.0898. The summed E-state index contributed by atoms with van der Waals surface area (Å²) in [6, 6.07) is 4.99. The van der Waals surface area contributed by atoms with E-state index in [0.717, 1.165) is 9.78 Å². The number of thiophene rings is 1. The minimum atomic E-state index is -1.000. The lowest BCUT2D eigenvalue weighted by Crippen LogP contribution is -2.40. The van der Waals surface area contributed by atoms with Crippen LogP contribution in [0.15, 0.2) is 28.1 Å². The van der Waals surface area contributed by atoms with E-state index in [1.165, 1.54) is 11.3 Å². The molecule has 2 aromatic rings. The molecular weight excluding hydrogens is 278 g/mol. The molecular formula is C13H13N3O3S. The number of imide groups is 1. The molecule has 3 heterocycles. The van der Waals surface area contributed by atoms with Crippen molar-refractivity contribution in [1.29, 1.82) is 0 Å². The average Bonchev–Trinajstić information content (AvgIpc) is 3.09. The highest BCUT2D eigenvalue weighted by Gasteiger charge is 2.49. The second-order valence-electron chi connectivity index (χ2n) is 4.86. The SMILES string of the molecule is Cc1cc(CN2C(=O)NC(C)(c3cccs3)C2=O)on1. The van der Waals surface area contributed by atoms with Crippen molar-refractivity contribution in [3.05, 3.63) is 39.9 Å². The van der Waals surface area contributed by atoms with Crippen LogP contribution in [0.5, 0.6) is 0 Å². The molecule has 1 saturated heterocycles. The molecule has 0 saturated carbocycles. The van der Waals surface area contributed by atoms with Gasteiger partial charge in [-0.15, -0.1) is 11.3 Å². The summed E-state index contributed by atoms with van der Waals surface area (Å²) >= 11 is 1.44. The van der Waals surface area contributed by atoms with Crippen LogP contribution in [-0.4, -0.2) is 22.0 Å². The van der Waals surface area contributed by atoms with Gasteiger partial charge in [0.25, 0.3) is 5.91 Å². The highest BCUT2D eigenvalue weighted by Crippen LogP contribution is 2.32. The van der Waals surface area contributed by atoms with Crippen LogP contribution in [0.1, 0.15) is 23.3 Å². The van der Waals surface area contributed by atoms with E-state index in [1.54, 1.807) is 19.9 Å². The first kappa shape index (κ1) is 12.9. The maximum atomic E-state index is 12.5. The number of carbonyl (C=O) groups excluding carboxylic acids is 2. The predicted octanol–water partition coefficient (Wildman–Crippen LogP) is 2.01. The van der Waals surface area contributed by atoms with Gasteiger partial charge < -0.3 is 9.84 Å². The highest BCUT2D eigenvalue weighted by molar-refractivity contribution is 7.10. The number of hydrogen-bond acceptors (Lipinski definition) is 5. The molecule has 6 nitrogen and oxygen atoms in total. The number of hydrogen-bond donors (Lipinski definition) is 1. The molecule has 0 aliphatic carbocycles. The molecule has 1 N–H and O–H groups in total. The third-order valence-electron chi connectivity index (χ3n) is 3.28. The Labute approximate surface area is 119 Å². The molecule has 3 rings (SSSR count). The number of nitrogens with zero attached hydrogens (tertiary/aromatic N) is 2. The van der Waals surface area contributed by atoms with Gasteiger partial charge >= 0.3 is 6.03 Å². The van der Waals surface area contributed by atoms with Gasteiger partial charge in [-0.1, -0.05) is 11.2 Å². The molecule has 1 unspecified atom stereocenters. The van der Waals surface area contributed by atoms with Gasteiger partial charge in [0.05, 0.1) is 12.2 Å². The van der Waals surface area contributed by atoms with E-state index in [-0.39, 0.29) is 12.5 Å². The summed E-state index contributed by atoms with van der Waals surface area (Å²) in [5.41, 5.74) is -0.284. The number of nitrogens with one attached hydrogen (secondary N) is 1. The van der Waals surface area contributed by atoms with Crippen LogP contribution in [0.3, 0.4) is 0 Å². The first-order valence-corrected chi connectivity index (χ1v) is 6.99. The normalized spacial score (nSPS) is 22.4. The molecule has 1 atom stereocenters. The van der Waals surface area contributed by atoms with Crippen molar-refractivity contribution >= 4 is 23.3 Å². The number of carbonyl (C=O) groups is 2. The van der Waals surface area contributed by atoms with E-state index in [4.69, 9.17) is 4.52 Å². The fraction of sp³-hybridized carbons (Fsp3) is 0.308. The Bertz CT molecular complexity index is 664. The Balaban J connectivity index is 1.87. The Morgan fingerprint density at radius 2 is 2.30 bits per heavy atom. The Kier molecular flexibility index (Phi) is 2.86. The summed E-state index contributed by atoms with van der Waals surface area (Å²) in [6.45, 7) is 3.59. The van der Waals surface area contributed by atoms with Crippen molar-refractivity contribution in [1.82, 2.24) is 15.4 Å². The number of aromatic nitrogens is 1. The second kappa shape index (κ2) is 4.45. The summed E-state index contributed by atoms with van der Waals surface area (Å²) in [5.74, 6) is 0.209. The summed E-state index contributed by atoms with van der Waals surface area (Å²) < 4.78 is 5.06. The molecule has 104 valence electrons. The summed E-state index contributed by atoms with van der Waals surface area (Å²) in [7, 11) is 0. The van der Waals surface area contributed by atoms with E-state index in [9.17, 15) is 9.59 Å². The van der Waals surface area contributed by atoms with E-state index in [2.05, 4.69) is 10.5 Å². The van der Waals surface area contributed by atoms with Crippen LogP contribution in [0, 0.1) is 6.92 Å². The van der Waals surface area contributed by atoms with Crippen LogP contribution in [-0.2, 0) is 16.9 Å². The van der Waals surface area contributed by atoms with Gasteiger partial charge in [0, 0.05) is 10.9 Å². The summed E-state index contributed by atoms with van der Waals surface area (Å²) in [4.78, 5) is 26.5. The van der Waals surface area contributed by atoms with Gasteiger partial charge in [-0.05, 0) is 25.3 Å². The standard InChI is InChI=1S/C13H13N3O3S/c1-8-6-9(19-15-8)7-16-11(17)13(2,14-12(16)18)10-4-3-5-20-10/h3-6H,7H2,1-2H3,(H,14,18). The lowest BCUT2D eigenvalue weighted by Gasteiger charge is -2.19. The van der Waals surface area contributed by atoms with Gasteiger partial charge in [0.1, 0.15) is 0 Å². The zero-order valence-electron chi connectivity index (χ0n) is 11.0. The summed E-state index contributed by atoms with van der Waals surface area (Å²) in [6.07, 6.45) is 0. The van der Waals surface area contributed by atoms with E-state index >= 15 is 0 Å². The van der Waals surface area contributed by atoms with Crippen molar-refractivity contribution < 1.29 is 14.1 Å². The van der Waals surface area contributed by atoms with Crippen molar-refractivity contribution in [3.63, 3.8) is 0 Å². The molecule has 3 amide bonds. The fourth-order valence-electron chi connectivity index (χ4n) is 2.22. The molecule has 0 bridgehead atoms. The molecule has 1 aliphatic heterocycles. The molecule has 20 heavy (non-hydrogen) atoms. The Morgan fingerprint density at radius 3 is 2.90 bits per heavy atom. The minimum Gasteiger partial charge on any atom is -0.359 e. The first-order valence-electron chi connectivity index (χ1n) is 6.11. The lowest BCUT2D eigenvalue weighted by atomic mass is 10.0. The van der Waals surface area contributed by atoms with Crippen molar-refractivity contribution in [2.24, 2.45) is 0 Å². The monoisotopic (exact) mass is 291 g/mol. The third-order valence-corrected chi connectivity index (χ3v) is 4.37. The number of aryl methyl sites for hydroxylation is 1. The van der Waals surface area contributed by atoms with Crippen molar-refractivity contribution in [3.8, 4) is 0 Å². The van der Waals surface area contributed by atoms with E-state index in [0.29, 0.717) is 11.5 Å². The maximum absolute atomic E-state index is 12.5. The van der Waals surface area contributed by atoms with E-state index < -0.39 is 11.6 Å². The molecule has 7 heteroatoms. The van der Waals surface area contributed by atoms with E-state index in [1.807, 2.05) is 17.5 Å². The molecule has 0 aromatic carbocycles. The first-order chi connectivity index (χ1) is 9.50. The molecule has 1 aliphatic rings. The van der Waals surface area contributed by atoms with Gasteiger partial charge in [-0.25, -0.2) is 4.79 Å². The van der Waals surface area contributed by atoms with Crippen LogP contribution >= 0.6 is 11.3 Å². The van der Waals surface area contributed by atoms with Gasteiger partial charge in [0.2, 0.25) is 0 Å². The molecule has 0 radical (unpaired) electrons. The van der Waals surface area contributed by atoms with Crippen molar-refractivity contribution in [2.45, 2.75) is 25.9 Å². The maximum Gasteiger partial charge on any atom is 0.325 e. The van der Waals surface area contributed by atoms with Crippen LogP contribution in [0.25, 0.3) is 0 Å². The zero-order valence-corrected chi connectivity index (χ0v) is 11.9. The Morgan fingerprint density at radius 1 is 1.50 bits per heavy atom. The molecule has 1 fully saturated rings. The summed E-state index contributed by atoms with van der Waals surface area (Å²) in [5, 5.41) is 8.38. The van der Waals surface area contributed by atoms with Gasteiger partial charge in [-0.3, -0.25) is 9.69 Å². The van der Waals surface area contributed by atoms with Gasteiger partial charge in [-0.2, -0.15) is 0 Å². The lowest BCUT2D eigenvalue weighted by molar-refractivity contribution is -0.131. The second-order valence-corrected chi connectivity index (χ2v) is 5.81. The largest absolute Gasteiger partial charge is 0.359 e. The van der Waals surface area contributed by atoms with Crippen molar-refractivity contribution in [2.75, 3.05) is 0 Å². The average molecular weight is 291 g/mol. The topological polar surface area (TPSA) is 75.4 Å². The zero-order chi connectivity index (χ0) is 14.3. The van der Waals surface area contributed by atoms with Crippen LogP contribution < -0.4 is 5.32 Å². The third kappa shape index (κ3) is 1.90. The van der Waals surface area contributed by atoms with Gasteiger partial charge in [0.15, 0.2) is 11.3 Å².